The molecule has 0 aliphatic carbocycles. The molecule has 3 rings (SSSR count). The number of nitrogens with zero attached hydrogens (tertiary/aromatic N) is 3. The molecule has 2 aromatic heterocycles. The third kappa shape index (κ3) is 3.39. The van der Waals surface area contributed by atoms with Gasteiger partial charge in [0.1, 0.15) is 6.04 Å². The van der Waals surface area contributed by atoms with Crippen LogP contribution in [0, 0.1) is 0 Å². The molecule has 1 unspecified atom stereocenters. The summed E-state index contributed by atoms with van der Waals surface area (Å²) in [5.41, 5.74) is 1.69. The Hall–Kier alpha value is -2.28. The van der Waals surface area contributed by atoms with Crippen LogP contribution in [0.25, 0.3) is 11.3 Å². The number of carbonyl (C=O) groups excluding carboxylic acids is 2. The summed E-state index contributed by atoms with van der Waals surface area (Å²) in [5.74, 6) is -0.114. The molecule has 23 heavy (non-hydrogen) atoms. The molecular weight excluding hydrogens is 312 g/mol. The summed E-state index contributed by atoms with van der Waals surface area (Å²) in [6.07, 6.45) is 5.39. The standard InChI is InChI=1S/C16H18N4O2S/c1-2-13(20-8-4-6-14(20)21)15(22)19-16-18-12(10-23-16)11-5-3-7-17-9-11/h3,5,7,9-10,13H,2,4,6,8H2,1H3,(H,18,19,22). The Morgan fingerprint density at radius 3 is 3.04 bits per heavy atom. The minimum Gasteiger partial charge on any atom is -0.331 e. The van der Waals surface area contributed by atoms with Gasteiger partial charge in [0.05, 0.1) is 5.69 Å². The van der Waals surface area contributed by atoms with Gasteiger partial charge < -0.3 is 10.2 Å². The molecule has 3 heterocycles. The predicted octanol–water partition coefficient (Wildman–Crippen LogP) is 2.54. The Bertz CT molecular complexity index is 701. The van der Waals surface area contributed by atoms with Crippen molar-refractivity contribution in [2.75, 3.05) is 11.9 Å². The van der Waals surface area contributed by atoms with Crippen molar-refractivity contribution in [1.29, 1.82) is 0 Å². The van der Waals surface area contributed by atoms with E-state index in [-0.39, 0.29) is 11.8 Å². The van der Waals surface area contributed by atoms with Gasteiger partial charge in [-0.1, -0.05) is 6.92 Å². The fraction of sp³-hybridized carbons (Fsp3) is 0.375. The number of anilines is 1. The number of carbonyl (C=O) groups is 2. The van der Waals surface area contributed by atoms with E-state index in [0.717, 1.165) is 17.7 Å². The number of pyridine rings is 1. The van der Waals surface area contributed by atoms with Crippen molar-refractivity contribution in [3.63, 3.8) is 0 Å². The van der Waals surface area contributed by atoms with Crippen LogP contribution in [-0.4, -0.2) is 39.3 Å². The van der Waals surface area contributed by atoms with Crippen molar-refractivity contribution in [1.82, 2.24) is 14.9 Å². The van der Waals surface area contributed by atoms with Gasteiger partial charge in [0.25, 0.3) is 0 Å². The van der Waals surface area contributed by atoms with Gasteiger partial charge in [-0.25, -0.2) is 4.98 Å². The molecule has 2 amide bonds. The van der Waals surface area contributed by atoms with Gasteiger partial charge in [0.2, 0.25) is 11.8 Å². The quantitative estimate of drug-likeness (QED) is 0.914. The average molecular weight is 330 g/mol. The van der Waals surface area contributed by atoms with Gasteiger partial charge in [-0.15, -0.1) is 11.3 Å². The molecule has 1 fully saturated rings. The van der Waals surface area contributed by atoms with Crippen LogP contribution in [0.3, 0.4) is 0 Å². The maximum absolute atomic E-state index is 12.5. The average Bonchev–Trinajstić information content (AvgIpc) is 3.19. The maximum atomic E-state index is 12.5. The highest BCUT2D eigenvalue weighted by Gasteiger charge is 2.31. The highest BCUT2D eigenvalue weighted by molar-refractivity contribution is 7.14. The Morgan fingerprint density at radius 1 is 1.52 bits per heavy atom. The fourth-order valence-electron chi connectivity index (χ4n) is 2.71. The van der Waals surface area contributed by atoms with Gasteiger partial charge in [-0.05, 0) is 25.0 Å². The van der Waals surface area contributed by atoms with E-state index in [2.05, 4.69) is 15.3 Å². The maximum Gasteiger partial charge on any atom is 0.248 e. The molecule has 0 radical (unpaired) electrons. The molecule has 2 aromatic rings. The predicted molar refractivity (Wildman–Crippen MR) is 89.0 cm³/mol. The molecule has 120 valence electrons. The highest BCUT2D eigenvalue weighted by atomic mass is 32.1. The zero-order valence-corrected chi connectivity index (χ0v) is 13.7. The van der Waals surface area contributed by atoms with E-state index < -0.39 is 6.04 Å². The van der Waals surface area contributed by atoms with Crippen LogP contribution < -0.4 is 5.32 Å². The first-order valence-corrected chi connectivity index (χ1v) is 8.53. The molecule has 0 saturated carbocycles. The monoisotopic (exact) mass is 330 g/mol. The molecule has 1 atom stereocenters. The summed E-state index contributed by atoms with van der Waals surface area (Å²) in [5, 5.41) is 5.26. The number of rotatable bonds is 5. The minimum atomic E-state index is -0.421. The van der Waals surface area contributed by atoms with Gasteiger partial charge in [-0.2, -0.15) is 0 Å². The number of hydrogen-bond donors (Lipinski definition) is 1. The van der Waals surface area contributed by atoms with Gasteiger partial charge in [-0.3, -0.25) is 14.6 Å². The third-order valence-electron chi connectivity index (χ3n) is 3.87. The zero-order valence-electron chi connectivity index (χ0n) is 12.9. The van der Waals surface area contributed by atoms with Crippen LogP contribution >= 0.6 is 11.3 Å². The largest absolute Gasteiger partial charge is 0.331 e. The topological polar surface area (TPSA) is 75.2 Å². The van der Waals surface area contributed by atoms with E-state index >= 15 is 0 Å². The lowest BCUT2D eigenvalue weighted by atomic mass is 10.2. The molecule has 1 N–H and O–H groups in total. The van der Waals surface area contributed by atoms with Crippen LogP contribution in [0.2, 0.25) is 0 Å². The van der Waals surface area contributed by atoms with Crippen molar-refractivity contribution < 1.29 is 9.59 Å². The number of nitrogens with one attached hydrogen (secondary N) is 1. The van der Waals surface area contributed by atoms with E-state index in [9.17, 15) is 9.59 Å². The molecule has 1 aliphatic heterocycles. The Morgan fingerprint density at radius 2 is 2.39 bits per heavy atom. The van der Waals surface area contributed by atoms with Crippen molar-refractivity contribution in [2.24, 2.45) is 0 Å². The molecule has 1 aliphatic rings. The lowest BCUT2D eigenvalue weighted by Gasteiger charge is -2.25. The van der Waals surface area contributed by atoms with E-state index in [0.29, 0.717) is 24.5 Å². The van der Waals surface area contributed by atoms with Crippen molar-refractivity contribution >= 4 is 28.3 Å². The summed E-state index contributed by atoms with van der Waals surface area (Å²) < 4.78 is 0. The first kappa shape index (κ1) is 15.6. The second kappa shape index (κ2) is 6.87. The first-order chi connectivity index (χ1) is 11.2. The number of likely N-dealkylation sites (tertiary alicyclic amines) is 1. The molecule has 0 aromatic carbocycles. The Balaban J connectivity index is 1.70. The summed E-state index contributed by atoms with van der Waals surface area (Å²) in [4.78, 5) is 34.5. The van der Waals surface area contributed by atoms with Crippen LogP contribution in [0.4, 0.5) is 5.13 Å². The molecule has 0 bridgehead atoms. The molecule has 0 spiro atoms. The van der Waals surface area contributed by atoms with E-state index in [1.807, 2.05) is 24.4 Å². The smallest absolute Gasteiger partial charge is 0.248 e. The molecular formula is C16H18N4O2S. The zero-order chi connectivity index (χ0) is 16.2. The minimum absolute atomic E-state index is 0.0576. The lowest BCUT2D eigenvalue weighted by molar-refractivity contribution is -0.135. The van der Waals surface area contributed by atoms with Crippen LogP contribution in [0.1, 0.15) is 26.2 Å². The van der Waals surface area contributed by atoms with Gasteiger partial charge in [0, 0.05) is 36.3 Å². The van der Waals surface area contributed by atoms with Crippen LogP contribution in [-0.2, 0) is 9.59 Å². The Labute approximate surface area is 138 Å². The molecule has 7 heteroatoms. The highest BCUT2D eigenvalue weighted by Crippen LogP contribution is 2.25. The van der Waals surface area contributed by atoms with Gasteiger partial charge in [0.15, 0.2) is 5.13 Å². The number of thiazole rings is 1. The third-order valence-corrected chi connectivity index (χ3v) is 4.62. The first-order valence-electron chi connectivity index (χ1n) is 7.65. The SMILES string of the molecule is CCC(C(=O)Nc1nc(-c2cccnc2)cs1)N1CCCC1=O. The summed E-state index contributed by atoms with van der Waals surface area (Å²) in [6.45, 7) is 2.57. The van der Waals surface area contributed by atoms with Crippen molar-refractivity contribution in [3.8, 4) is 11.3 Å². The summed E-state index contributed by atoms with van der Waals surface area (Å²) in [6, 6.07) is 3.35. The number of hydrogen-bond acceptors (Lipinski definition) is 5. The van der Waals surface area contributed by atoms with Crippen LogP contribution in [0.15, 0.2) is 29.9 Å². The lowest BCUT2D eigenvalue weighted by Crippen LogP contribution is -2.44. The second-order valence-corrected chi connectivity index (χ2v) is 6.24. The fourth-order valence-corrected chi connectivity index (χ4v) is 3.44. The van der Waals surface area contributed by atoms with Crippen molar-refractivity contribution in [3.05, 3.63) is 29.9 Å². The number of aromatic nitrogens is 2. The molecule has 6 nitrogen and oxygen atoms in total. The summed E-state index contributed by atoms with van der Waals surface area (Å²) in [7, 11) is 0. The van der Waals surface area contributed by atoms with Crippen molar-refractivity contribution in [2.45, 2.75) is 32.2 Å². The second-order valence-electron chi connectivity index (χ2n) is 5.38. The summed E-state index contributed by atoms with van der Waals surface area (Å²) >= 11 is 1.37. The van der Waals surface area contributed by atoms with E-state index in [1.54, 1.807) is 17.3 Å². The molecule has 1 saturated heterocycles. The van der Waals surface area contributed by atoms with Crippen LogP contribution in [0.5, 0.6) is 0 Å². The number of amides is 2. The van der Waals surface area contributed by atoms with E-state index in [1.165, 1.54) is 11.3 Å². The van der Waals surface area contributed by atoms with E-state index in [4.69, 9.17) is 0 Å². The normalized spacial score (nSPS) is 15.7. The van der Waals surface area contributed by atoms with Gasteiger partial charge >= 0.3 is 0 Å². The Kier molecular flexibility index (Phi) is 4.66.